The summed E-state index contributed by atoms with van der Waals surface area (Å²) in [6.45, 7) is 4.64. The molecule has 0 unspecified atom stereocenters. The van der Waals surface area contributed by atoms with Crippen molar-refractivity contribution in [2.75, 3.05) is 22.6 Å². The van der Waals surface area contributed by atoms with Crippen LogP contribution in [0.4, 0.5) is 43.4 Å². The second kappa shape index (κ2) is 29.0. The molecule has 0 spiro atoms. The molecule has 87 heavy (non-hydrogen) atoms. The maximum absolute atomic E-state index is 14.8. The zero-order valence-corrected chi connectivity index (χ0v) is 48.0. The van der Waals surface area contributed by atoms with Crippen LogP contribution in [0.1, 0.15) is 76.0 Å². The molecule has 0 aromatic heterocycles. The van der Waals surface area contributed by atoms with E-state index in [0.717, 1.165) is 42.5 Å². The number of hydrogen-bond donors (Lipinski definition) is 6. The Kier molecular flexibility index (Phi) is 21.6. The molecule has 0 aliphatic rings. The third kappa shape index (κ3) is 16.2. The van der Waals surface area contributed by atoms with Gasteiger partial charge in [0.1, 0.15) is 52.0 Å². The SMILES string of the molecule is CC(C)COc1cccc(-c2cc(F)c(NC(=O)c3ccccc3C(=O)O)c(Cl)c2)c1.O=C(O)c1cc(Cl)c(Cl)cc1C(=O)Nc1c(F)cc(-c2ccccc2Cl)cc1F.O=C(O)c1ccccc1C(=O)Nc1c(F)cc(-c2ccccc2F)cc1F. The number of aromatic carboxylic acids is 3. The smallest absolute Gasteiger partial charge is 0.336 e. The molecular weight excluding hydrogens is 1230 g/mol. The summed E-state index contributed by atoms with van der Waals surface area (Å²) in [5.41, 5.74) is -1.65. The van der Waals surface area contributed by atoms with Crippen molar-refractivity contribution in [3.8, 4) is 39.1 Å². The minimum absolute atomic E-state index is 0.00407. The highest BCUT2D eigenvalue weighted by Gasteiger charge is 2.25. The van der Waals surface area contributed by atoms with Gasteiger partial charge in [-0.15, -0.1) is 0 Å². The molecule has 0 aliphatic carbocycles. The van der Waals surface area contributed by atoms with E-state index in [0.29, 0.717) is 40.0 Å². The van der Waals surface area contributed by atoms with Crippen LogP contribution in [0.3, 0.4) is 0 Å². The summed E-state index contributed by atoms with van der Waals surface area (Å²) in [5.74, 6) is -11.6. The maximum atomic E-state index is 14.8. The zero-order chi connectivity index (χ0) is 63.4. The molecule has 6 N–H and O–H groups in total. The summed E-state index contributed by atoms with van der Waals surface area (Å²) < 4.78 is 92.2. The third-order valence-electron chi connectivity index (χ3n) is 12.3. The molecule has 0 saturated carbocycles. The fourth-order valence-corrected chi connectivity index (χ4v) is 8.99. The Bertz CT molecular complexity index is 4100. The molecule has 0 aliphatic heterocycles. The molecule has 9 aromatic carbocycles. The Morgan fingerprint density at radius 2 is 0.782 bits per heavy atom. The number of carbonyl (C=O) groups is 6. The Hall–Kier alpha value is -9.66. The summed E-state index contributed by atoms with van der Waals surface area (Å²) in [4.78, 5) is 71.2. The maximum Gasteiger partial charge on any atom is 0.336 e. The van der Waals surface area contributed by atoms with Crippen LogP contribution in [-0.2, 0) is 0 Å². The van der Waals surface area contributed by atoms with Crippen LogP contribution in [0, 0.1) is 40.8 Å². The van der Waals surface area contributed by atoms with Crippen LogP contribution in [0.5, 0.6) is 5.75 Å². The van der Waals surface area contributed by atoms with E-state index in [9.17, 15) is 65.3 Å². The molecule has 0 radical (unpaired) electrons. The van der Waals surface area contributed by atoms with E-state index in [1.807, 2.05) is 30.5 Å². The predicted molar refractivity (Wildman–Crippen MR) is 320 cm³/mol. The summed E-state index contributed by atoms with van der Waals surface area (Å²) >= 11 is 23.9. The summed E-state index contributed by atoms with van der Waals surface area (Å²) in [6.07, 6.45) is 0. The zero-order valence-electron chi connectivity index (χ0n) is 44.9. The highest BCUT2D eigenvalue weighted by molar-refractivity contribution is 6.42. The number of amides is 3. The van der Waals surface area contributed by atoms with Gasteiger partial charge in [-0.05, 0) is 125 Å². The Balaban J connectivity index is 0.000000187. The number of carbonyl (C=O) groups excluding carboxylic acids is 3. The van der Waals surface area contributed by atoms with Crippen LogP contribution < -0.4 is 20.7 Å². The molecule has 444 valence electrons. The van der Waals surface area contributed by atoms with Crippen molar-refractivity contribution in [2.24, 2.45) is 5.92 Å². The largest absolute Gasteiger partial charge is 0.493 e. The van der Waals surface area contributed by atoms with Gasteiger partial charge in [-0.1, -0.05) is 133 Å². The van der Waals surface area contributed by atoms with E-state index >= 15 is 0 Å². The molecule has 13 nitrogen and oxygen atoms in total. The van der Waals surface area contributed by atoms with Gasteiger partial charge in [0.05, 0.1) is 60.7 Å². The molecule has 0 saturated heterocycles. The molecule has 0 heterocycles. The Labute approximate surface area is 511 Å². The molecule has 0 atom stereocenters. The number of nitrogens with one attached hydrogen (secondary N) is 3. The van der Waals surface area contributed by atoms with Crippen molar-refractivity contribution >= 4 is 99.1 Å². The second-order valence-electron chi connectivity index (χ2n) is 18.8. The van der Waals surface area contributed by atoms with Crippen LogP contribution in [-0.4, -0.2) is 57.6 Å². The summed E-state index contributed by atoms with van der Waals surface area (Å²) in [7, 11) is 0. The van der Waals surface area contributed by atoms with Gasteiger partial charge < -0.3 is 36.0 Å². The van der Waals surface area contributed by atoms with Crippen LogP contribution in [0.25, 0.3) is 33.4 Å². The molecule has 9 rings (SSSR count). The van der Waals surface area contributed by atoms with Crippen molar-refractivity contribution in [2.45, 2.75) is 13.8 Å². The topological polar surface area (TPSA) is 208 Å². The van der Waals surface area contributed by atoms with Gasteiger partial charge in [0.25, 0.3) is 17.7 Å². The average Bonchev–Trinajstić information content (AvgIpc) is 2.09. The monoisotopic (exact) mass is 1270 g/mol. The molecule has 0 bridgehead atoms. The van der Waals surface area contributed by atoms with Gasteiger partial charge in [0.2, 0.25) is 0 Å². The van der Waals surface area contributed by atoms with E-state index < -0.39 is 93.0 Å². The first-order valence-electron chi connectivity index (χ1n) is 25.3. The van der Waals surface area contributed by atoms with Crippen molar-refractivity contribution in [3.63, 3.8) is 0 Å². The number of hydrogen-bond acceptors (Lipinski definition) is 7. The third-order valence-corrected chi connectivity index (χ3v) is 13.7. The Morgan fingerprint density at radius 3 is 1.25 bits per heavy atom. The highest BCUT2D eigenvalue weighted by atomic mass is 35.5. The van der Waals surface area contributed by atoms with Crippen LogP contribution in [0.15, 0.2) is 170 Å². The molecule has 3 amide bonds. The van der Waals surface area contributed by atoms with Crippen molar-refractivity contribution in [1.29, 1.82) is 0 Å². The summed E-state index contributed by atoms with van der Waals surface area (Å²) in [6, 6.07) is 38.7. The number of benzene rings is 9. The number of halogens is 10. The number of ether oxygens (including phenoxy) is 1. The standard InChI is InChI=1S/C24H21ClFNO4.C20H10Cl3F2NO3.C20H12F3NO3/c1-14(2)13-31-17-7-5-6-15(10-17)16-11-20(25)22(21(26)12-16)27-23(28)18-8-3-4-9-19(18)24(29)30;21-13-4-2-1-3-10(13)9-5-16(24)18(17(25)6-9)26-19(27)11-7-14(22)15(23)8-12(11)20(28)29;21-15-8-4-3-5-12(15)11-9-16(22)18(17(23)10-11)24-19(25)13-6-1-2-7-14(13)20(26)27/h3-12,14H,13H2,1-2H3,(H,27,28)(H,29,30);1-8H,(H,26,27)(H,28,29);1-10H,(H,24,25)(H,26,27). The van der Waals surface area contributed by atoms with Gasteiger partial charge >= 0.3 is 17.9 Å². The minimum Gasteiger partial charge on any atom is -0.493 e. The minimum atomic E-state index is -1.45. The lowest BCUT2D eigenvalue weighted by molar-refractivity contribution is 0.0683. The quantitative estimate of drug-likeness (QED) is 0.0535. The first kappa shape index (κ1) is 64.9. The normalized spacial score (nSPS) is 10.6. The van der Waals surface area contributed by atoms with E-state index in [-0.39, 0.29) is 59.7 Å². The number of rotatable bonds is 15. The van der Waals surface area contributed by atoms with Crippen molar-refractivity contribution in [3.05, 3.63) is 258 Å². The lowest BCUT2D eigenvalue weighted by Crippen LogP contribution is -2.18. The van der Waals surface area contributed by atoms with Crippen LogP contribution in [0.2, 0.25) is 20.1 Å². The van der Waals surface area contributed by atoms with Gasteiger partial charge in [-0.2, -0.15) is 0 Å². The van der Waals surface area contributed by atoms with Gasteiger partial charge in [0.15, 0.2) is 0 Å². The molecule has 0 fully saturated rings. The fourth-order valence-electron chi connectivity index (χ4n) is 8.16. The highest BCUT2D eigenvalue weighted by Crippen LogP contribution is 2.36. The fraction of sp³-hybridized carbons (Fsp3) is 0.0625. The second-order valence-corrected chi connectivity index (χ2v) is 20.4. The van der Waals surface area contributed by atoms with E-state index in [4.69, 9.17) is 56.2 Å². The lowest BCUT2D eigenvalue weighted by atomic mass is 10.0. The van der Waals surface area contributed by atoms with E-state index in [2.05, 4.69) is 5.32 Å². The molecule has 9 aromatic rings. The molecule has 23 heteroatoms. The number of carboxylic acids is 3. The number of carboxylic acid groups (broad SMARTS) is 3. The van der Waals surface area contributed by atoms with Crippen LogP contribution >= 0.6 is 46.4 Å². The van der Waals surface area contributed by atoms with Gasteiger partial charge in [-0.3, -0.25) is 14.4 Å². The van der Waals surface area contributed by atoms with E-state index in [1.54, 1.807) is 42.5 Å². The lowest BCUT2D eigenvalue weighted by Gasteiger charge is -2.13. The van der Waals surface area contributed by atoms with E-state index in [1.165, 1.54) is 78.9 Å². The Morgan fingerprint density at radius 1 is 0.379 bits per heavy atom. The van der Waals surface area contributed by atoms with Crippen molar-refractivity contribution in [1.82, 2.24) is 0 Å². The average molecular weight is 1270 g/mol. The summed E-state index contributed by atoms with van der Waals surface area (Å²) in [5, 5.41) is 34.2. The number of anilines is 3. The molecular formula is C64H43Cl4F6N3O10. The predicted octanol–water partition coefficient (Wildman–Crippen LogP) is 17.4. The first-order valence-corrected chi connectivity index (χ1v) is 26.9. The van der Waals surface area contributed by atoms with Gasteiger partial charge in [0, 0.05) is 16.1 Å². The van der Waals surface area contributed by atoms with Crippen molar-refractivity contribution < 1.29 is 75.2 Å². The first-order chi connectivity index (χ1) is 41.3. The van der Waals surface area contributed by atoms with Gasteiger partial charge in [-0.25, -0.2) is 40.7 Å².